The number of imidazole rings is 1. The van der Waals surface area contributed by atoms with Crippen molar-refractivity contribution in [2.45, 2.75) is 58.8 Å². The van der Waals surface area contributed by atoms with E-state index >= 15 is 0 Å². The fraction of sp³-hybridized carbons (Fsp3) is 0.500. The smallest absolute Gasteiger partial charge is 0.125 e. The highest BCUT2D eigenvalue weighted by Gasteiger charge is 2.33. The molecule has 1 aliphatic heterocycles. The molecule has 1 unspecified atom stereocenters. The molecule has 1 aliphatic rings. The molecule has 0 fully saturated rings. The van der Waals surface area contributed by atoms with E-state index in [4.69, 9.17) is 4.74 Å². The fourth-order valence-corrected chi connectivity index (χ4v) is 3.15. The van der Waals surface area contributed by atoms with Gasteiger partial charge in [0.2, 0.25) is 0 Å². The van der Waals surface area contributed by atoms with Crippen molar-refractivity contribution in [2.24, 2.45) is 0 Å². The Morgan fingerprint density at radius 3 is 3.00 bits per heavy atom. The lowest BCUT2D eigenvalue weighted by Crippen LogP contribution is -2.39. The maximum Gasteiger partial charge on any atom is 0.125 e. The molecule has 0 saturated heterocycles. The van der Waals surface area contributed by atoms with Crippen LogP contribution >= 0.6 is 0 Å². The van der Waals surface area contributed by atoms with Gasteiger partial charge in [-0.25, -0.2) is 4.98 Å². The van der Waals surface area contributed by atoms with Crippen LogP contribution in [0.15, 0.2) is 30.6 Å². The zero-order valence-electron chi connectivity index (χ0n) is 13.9. The van der Waals surface area contributed by atoms with Gasteiger partial charge < -0.3 is 14.6 Å². The molecule has 0 amide bonds. The van der Waals surface area contributed by atoms with Gasteiger partial charge in [-0.05, 0) is 39.3 Å². The number of nitrogens with zero attached hydrogens (tertiary/aromatic N) is 2. The standard InChI is InChI=1S/C18H25N3O/c1-5-21-9-8-19-17(21)12-20-15-11-18(3,4)22-16-10-13(2)6-7-14(15)16/h6-10,15,20H,5,11-12H2,1-4H3. The van der Waals surface area contributed by atoms with Crippen molar-refractivity contribution in [1.82, 2.24) is 14.9 Å². The Morgan fingerprint density at radius 1 is 1.41 bits per heavy atom. The molecule has 4 heteroatoms. The van der Waals surface area contributed by atoms with Crippen molar-refractivity contribution >= 4 is 0 Å². The van der Waals surface area contributed by atoms with Gasteiger partial charge >= 0.3 is 0 Å². The Hall–Kier alpha value is -1.81. The molecule has 0 aliphatic carbocycles. The van der Waals surface area contributed by atoms with Crippen LogP contribution in [0.4, 0.5) is 0 Å². The molecule has 0 spiro atoms. The predicted octanol–water partition coefficient (Wildman–Crippen LogP) is 3.60. The van der Waals surface area contributed by atoms with E-state index in [1.165, 1.54) is 11.1 Å². The minimum atomic E-state index is -0.154. The second kappa shape index (κ2) is 5.76. The molecule has 118 valence electrons. The van der Waals surface area contributed by atoms with Crippen LogP contribution in [-0.4, -0.2) is 15.2 Å². The highest BCUT2D eigenvalue weighted by atomic mass is 16.5. The quantitative estimate of drug-likeness (QED) is 0.937. The van der Waals surface area contributed by atoms with E-state index in [1.54, 1.807) is 0 Å². The summed E-state index contributed by atoms with van der Waals surface area (Å²) in [4.78, 5) is 4.45. The topological polar surface area (TPSA) is 39.1 Å². The van der Waals surface area contributed by atoms with Gasteiger partial charge in [-0.1, -0.05) is 12.1 Å². The lowest BCUT2D eigenvalue weighted by molar-refractivity contribution is 0.0654. The maximum atomic E-state index is 6.15. The predicted molar refractivity (Wildman–Crippen MR) is 88.0 cm³/mol. The Labute approximate surface area is 132 Å². The third-order valence-corrected chi connectivity index (χ3v) is 4.28. The summed E-state index contributed by atoms with van der Waals surface area (Å²) in [6, 6.07) is 6.77. The SMILES string of the molecule is CCn1ccnc1CNC1CC(C)(C)Oc2cc(C)ccc21. The number of fused-ring (bicyclic) bond motifs is 1. The van der Waals surface area contributed by atoms with Gasteiger partial charge in [-0.2, -0.15) is 0 Å². The largest absolute Gasteiger partial charge is 0.487 e. The fourth-order valence-electron chi connectivity index (χ4n) is 3.15. The second-order valence-corrected chi connectivity index (χ2v) is 6.67. The van der Waals surface area contributed by atoms with Crippen LogP contribution in [0.25, 0.3) is 0 Å². The molecule has 1 aromatic carbocycles. The van der Waals surface area contributed by atoms with E-state index in [-0.39, 0.29) is 5.60 Å². The van der Waals surface area contributed by atoms with Crippen molar-refractivity contribution < 1.29 is 4.74 Å². The number of aryl methyl sites for hydroxylation is 2. The maximum absolute atomic E-state index is 6.15. The highest BCUT2D eigenvalue weighted by Crippen LogP contribution is 2.39. The highest BCUT2D eigenvalue weighted by molar-refractivity contribution is 5.41. The molecule has 0 radical (unpaired) electrons. The van der Waals surface area contributed by atoms with Crippen LogP contribution in [0.2, 0.25) is 0 Å². The van der Waals surface area contributed by atoms with Gasteiger partial charge in [0.05, 0.1) is 6.54 Å². The van der Waals surface area contributed by atoms with Gasteiger partial charge in [0, 0.05) is 37.0 Å². The van der Waals surface area contributed by atoms with Gasteiger partial charge in [-0.3, -0.25) is 0 Å². The average Bonchev–Trinajstić information content (AvgIpc) is 2.90. The molecule has 22 heavy (non-hydrogen) atoms. The van der Waals surface area contributed by atoms with Crippen LogP contribution < -0.4 is 10.1 Å². The van der Waals surface area contributed by atoms with Gasteiger partial charge in [0.15, 0.2) is 0 Å². The number of benzene rings is 1. The van der Waals surface area contributed by atoms with Crippen molar-refractivity contribution in [1.29, 1.82) is 0 Å². The summed E-state index contributed by atoms with van der Waals surface area (Å²) >= 11 is 0. The second-order valence-electron chi connectivity index (χ2n) is 6.67. The Morgan fingerprint density at radius 2 is 2.23 bits per heavy atom. The first kappa shape index (κ1) is 15.1. The minimum absolute atomic E-state index is 0.154. The molecule has 1 atom stereocenters. The number of hydrogen-bond donors (Lipinski definition) is 1. The number of aromatic nitrogens is 2. The first-order valence-corrected chi connectivity index (χ1v) is 8.01. The third kappa shape index (κ3) is 3.02. The summed E-state index contributed by atoms with van der Waals surface area (Å²) < 4.78 is 8.33. The van der Waals surface area contributed by atoms with Crippen molar-refractivity contribution in [2.75, 3.05) is 0 Å². The molecule has 3 rings (SSSR count). The van der Waals surface area contributed by atoms with Crippen molar-refractivity contribution in [3.63, 3.8) is 0 Å². The molecule has 1 N–H and O–H groups in total. The number of ether oxygens (including phenoxy) is 1. The van der Waals surface area contributed by atoms with Crippen molar-refractivity contribution in [3.8, 4) is 5.75 Å². The lowest BCUT2D eigenvalue weighted by atomic mass is 9.89. The summed E-state index contributed by atoms with van der Waals surface area (Å²) in [7, 11) is 0. The van der Waals surface area contributed by atoms with E-state index in [9.17, 15) is 0 Å². The lowest BCUT2D eigenvalue weighted by Gasteiger charge is -2.38. The molecule has 4 nitrogen and oxygen atoms in total. The molecule has 0 bridgehead atoms. The van der Waals surface area contributed by atoms with Gasteiger partial charge in [0.25, 0.3) is 0 Å². The molecule has 1 aromatic heterocycles. The number of hydrogen-bond acceptors (Lipinski definition) is 3. The Balaban J connectivity index is 1.81. The number of nitrogens with one attached hydrogen (secondary N) is 1. The summed E-state index contributed by atoms with van der Waals surface area (Å²) in [5.74, 6) is 2.09. The summed E-state index contributed by atoms with van der Waals surface area (Å²) in [5, 5.41) is 3.67. The van der Waals surface area contributed by atoms with Crippen LogP contribution in [0.5, 0.6) is 5.75 Å². The van der Waals surface area contributed by atoms with Crippen molar-refractivity contribution in [3.05, 3.63) is 47.5 Å². The summed E-state index contributed by atoms with van der Waals surface area (Å²) in [6.07, 6.45) is 4.85. The molecular formula is C18H25N3O. The summed E-state index contributed by atoms with van der Waals surface area (Å²) in [5.41, 5.74) is 2.33. The Bertz CT molecular complexity index is 660. The molecule has 0 saturated carbocycles. The first-order valence-electron chi connectivity index (χ1n) is 8.01. The van der Waals surface area contributed by atoms with E-state index in [0.717, 1.165) is 31.1 Å². The van der Waals surface area contributed by atoms with E-state index in [1.807, 2.05) is 12.4 Å². The molecule has 2 heterocycles. The van der Waals surface area contributed by atoms with Crippen LogP contribution in [0.3, 0.4) is 0 Å². The van der Waals surface area contributed by atoms with E-state index < -0.39 is 0 Å². The summed E-state index contributed by atoms with van der Waals surface area (Å²) in [6.45, 7) is 10.3. The zero-order chi connectivity index (χ0) is 15.7. The van der Waals surface area contributed by atoms with Crippen LogP contribution in [0, 0.1) is 6.92 Å². The Kier molecular flexibility index (Phi) is 3.96. The minimum Gasteiger partial charge on any atom is -0.487 e. The number of rotatable bonds is 4. The van der Waals surface area contributed by atoms with Gasteiger partial charge in [0.1, 0.15) is 17.2 Å². The van der Waals surface area contributed by atoms with E-state index in [0.29, 0.717) is 6.04 Å². The zero-order valence-corrected chi connectivity index (χ0v) is 13.9. The van der Waals surface area contributed by atoms with Gasteiger partial charge in [-0.15, -0.1) is 0 Å². The van der Waals surface area contributed by atoms with Crippen LogP contribution in [-0.2, 0) is 13.1 Å². The third-order valence-electron chi connectivity index (χ3n) is 4.28. The monoisotopic (exact) mass is 299 g/mol. The normalized spacial score (nSPS) is 19.5. The van der Waals surface area contributed by atoms with E-state index in [2.05, 4.69) is 60.8 Å². The molecular weight excluding hydrogens is 274 g/mol. The van der Waals surface area contributed by atoms with Crippen LogP contribution in [0.1, 0.15) is 50.2 Å². The average molecular weight is 299 g/mol. The molecule has 2 aromatic rings. The first-order chi connectivity index (χ1) is 10.5.